The van der Waals surface area contributed by atoms with Crippen LogP contribution in [0.2, 0.25) is 0 Å². The van der Waals surface area contributed by atoms with E-state index in [0.717, 1.165) is 35.9 Å². The van der Waals surface area contributed by atoms with Gasteiger partial charge in [0.15, 0.2) is 5.12 Å². The number of halogens is 2. The van der Waals surface area contributed by atoms with Crippen molar-refractivity contribution in [2.75, 3.05) is 4.90 Å². The number of carbonyl (C=O) groups is 3. The number of hydrogen-bond acceptors (Lipinski definition) is 4. The van der Waals surface area contributed by atoms with Gasteiger partial charge in [-0.1, -0.05) is 93.3 Å². The second-order valence-electron chi connectivity index (χ2n) is 9.69. The lowest BCUT2D eigenvalue weighted by molar-refractivity contribution is -0.132. The second kappa shape index (κ2) is 13.8. The van der Waals surface area contributed by atoms with E-state index in [1.807, 2.05) is 48.5 Å². The van der Waals surface area contributed by atoms with E-state index in [1.165, 1.54) is 12.1 Å². The highest BCUT2D eigenvalue weighted by Gasteiger charge is 2.36. The van der Waals surface area contributed by atoms with Crippen molar-refractivity contribution >= 4 is 50.3 Å². The first-order valence-corrected chi connectivity index (χ1v) is 14.0. The highest BCUT2D eigenvalue weighted by molar-refractivity contribution is 9.10. The van der Waals surface area contributed by atoms with Crippen LogP contribution in [0.4, 0.5) is 10.1 Å². The summed E-state index contributed by atoms with van der Waals surface area (Å²) in [6, 6.07) is 2.71. The van der Waals surface area contributed by atoms with Crippen molar-refractivity contribution in [1.29, 1.82) is 0 Å². The molecule has 6 atom stereocenters. The molecule has 1 aromatic rings. The molecule has 0 spiro atoms. The molecule has 0 saturated heterocycles. The van der Waals surface area contributed by atoms with Crippen LogP contribution in [-0.2, 0) is 14.4 Å². The number of rotatable bonds is 11. The number of imide groups is 1. The van der Waals surface area contributed by atoms with Gasteiger partial charge >= 0.3 is 0 Å². The van der Waals surface area contributed by atoms with E-state index in [0.29, 0.717) is 9.37 Å². The van der Waals surface area contributed by atoms with Gasteiger partial charge in [0, 0.05) is 27.1 Å². The molecule has 0 fully saturated rings. The van der Waals surface area contributed by atoms with Gasteiger partial charge in [0.1, 0.15) is 5.82 Å². The minimum Gasteiger partial charge on any atom is -0.287 e. The molecule has 0 N–H and O–H groups in total. The molecule has 0 aliphatic heterocycles. The first kappa shape index (κ1) is 30.8. The predicted octanol–water partition coefficient (Wildman–Crippen LogP) is 8.11. The first-order chi connectivity index (χ1) is 15.8. The van der Waals surface area contributed by atoms with Gasteiger partial charge in [-0.15, -0.1) is 0 Å². The van der Waals surface area contributed by atoms with Gasteiger partial charge in [-0.25, -0.2) is 9.29 Å². The van der Waals surface area contributed by atoms with Gasteiger partial charge in [-0.05, 0) is 45.8 Å². The normalized spacial score (nSPS) is 16.8. The number of amides is 2. The first-order valence-electron chi connectivity index (χ1n) is 12.4. The van der Waals surface area contributed by atoms with E-state index < -0.39 is 29.5 Å². The van der Waals surface area contributed by atoms with Crippen LogP contribution in [0.5, 0.6) is 0 Å². The van der Waals surface area contributed by atoms with Gasteiger partial charge < -0.3 is 0 Å². The van der Waals surface area contributed by atoms with Crippen LogP contribution in [0.3, 0.4) is 0 Å². The minimum atomic E-state index is -0.673. The molecule has 0 bridgehead atoms. The molecule has 6 unspecified atom stereocenters. The fourth-order valence-electron chi connectivity index (χ4n) is 3.50. The van der Waals surface area contributed by atoms with E-state index in [4.69, 9.17) is 0 Å². The summed E-state index contributed by atoms with van der Waals surface area (Å²) in [5.41, 5.74) is -0.0880. The Morgan fingerprint density at radius 1 is 0.824 bits per heavy atom. The molecule has 0 radical (unpaired) electrons. The molecule has 7 heteroatoms. The molecule has 0 aliphatic carbocycles. The number of nitrogens with zero attached hydrogens (tertiary/aromatic N) is 1. The zero-order chi connectivity index (χ0) is 26.3. The zero-order valence-corrected chi connectivity index (χ0v) is 24.5. The predicted molar refractivity (Wildman–Crippen MR) is 143 cm³/mol. The summed E-state index contributed by atoms with van der Waals surface area (Å²) >= 11 is 4.38. The topological polar surface area (TPSA) is 54.5 Å². The highest BCUT2D eigenvalue weighted by atomic mass is 79.9. The van der Waals surface area contributed by atoms with Crippen LogP contribution in [-0.4, -0.2) is 16.9 Å². The summed E-state index contributed by atoms with van der Waals surface area (Å²) < 4.78 is 15.7. The van der Waals surface area contributed by atoms with E-state index >= 15 is 4.39 Å². The fourth-order valence-corrected chi connectivity index (χ4v) is 5.02. The second-order valence-corrected chi connectivity index (χ2v) is 11.6. The third kappa shape index (κ3) is 7.39. The summed E-state index contributed by atoms with van der Waals surface area (Å²) in [4.78, 5) is 41.5. The Hall–Kier alpha value is -1.21. The average Bonchev–Trinajstić information content (AvgIpc) is 2.83. The largest absolute Gasteiger partial charge is 0.287 e. The van der Waals surface area contributed by atoms with E-state index in [1.54, 1.807) is 13.8 Å². The summed E-state index contributed by atoms with van der Waals surface area (Å²) in [6.07, 6.45) is 2.41. The Labute approximate surface area is 217 Å². The van der Waals surface area contributed by atoms with Crippen LogP contribution in [0.25, 0.3) is 0 Å². The van der Waals surface area contributed by atoms with E-state index in [2.05, 4.69) is 15.9 Å². The quantitative estimate of drug-likeness (QED) is 0.258. The summed E-state index contributed by atoms with van der Waals surface area (Å²) in [6.45, 7) is 17.4. The maximum absolute atomic E-state index is 15.3. The van der Waals surface area contributed by atoms with Crippen LogP contribution in [0.15, 0.2) is 21.5 Å². The molecule has 4 nitrogen and oxygen atoms in total. The van der Waals surface area contributed by atoms with Gasteiger partial charge in [-0.3, -0.25) is 14.4 Å². The smallest absolute Gasteiger partial charge is 0.236 e. The molecule has 34 heavy (non-hydrogen) atoms. The Bertz CT molecular complexity index is 850. The van der Waals surface area contributed by atoms with Crippen molar-refractivity contribution < 1.29 is 18.8 Å². The van der Waals surface area contributed by atoms with Crippen molar-refractivity contribution in [3.05, 3.63) is 22.4 Å². The van der Waals surface area contributed by atoms with Crippen molar-refractivity contribution in [3.63, 3.8) is 0 Å². The van der Waals surface area contributed by atoms with Crippen molar-refractivity contribution in [2.24, 2.45) is 35.5 Å². The van der Waals surface area contributed by atoms with Crippen molar-refractivity contribution in [3.8, 4) is 0 Å². The maximum Gasteiger partial charge on any atom is 0.236 e. The number of benzene rings is 1. The number of anilines is 1. The lowest BCUT2D eigenvalue weighted by Gasteiger charge is -2.31. The molecule has 0 aliphatic rings. The molecule has 0 heterocycles. The lowest BCUT2D eigenvalue weighted by atomic mass is 9.89. The standard InChI is InChI=1S/C27H41BrFNO3S/c1-10-15(4)18(7)25(31)30(26(32)19(8)16(5)11-2)23-14-24(21(28)13-22(23)29)34-27(33)20(9)17(6)12-3/h13-20H,10-12H2,1-9H3. The summed E-state index contributed by atoms with van der Waals surface area (Å²) in [7, 11) is 0. The van der Waals surface area contributed by atoms with E-state index in [-0.39, 0.29) is 34.5 Å². The van der Waals surface area contributed by atoms with Gasteiger partial charge in [0.25, 0.3) is 0 Å². The maximum atomic E-state index is 15.3. The van der Waals surface area contributed by atoms with Crippen LogP contribution < -0.4 is 4.90 Å². The molecule has 2 amide bonds. The fraction of sp³-hybridized carbons (Fsp3) is 0.667. The molecule has 0 aromatic heterocycles. The third-order valence-corrected chi connectivity index (χ3v) is 9.59. The van der Waals surface area contributed by atoms with Gasteiger partial charge in [0.2, 0.25) is 11.8 Å². The third-order valence-electron chi connectivity index (χ3n) is 7.54. The molecular weight excluding hydrogens is 517 g/mol. The summed E-state index contributed by atoms with van der Waals surface area (Å²) in [5, 5.41) is -0.0299. The van der Waals surface area contributed by atoms with Crippen LogP contribution >= 0.6 is 27.7 Å². The van der Waals surface area contributed by atoms with E-state index in [9.17, 15) is 14.4 Å². The minimum absolute atomic E-state index is 0.0299. The Balaban J connectivity index is 3.56. The molecule has 1 aromatic carbocycles. The SMILES string of the molecule is CCC(C)C(C)C(=O)Sc1cc(N(C(=O)C(C)C(C)CC)C(=O)C(C)C(C)CC)c(F)cc1Br. The zero-order valence-electron chi connectivity index (χ0n) is 22.1. The van der Waals surface area contributed by atoms with Crippen molar-refractivity contribution in [1.82, 2.24) is 0 Å². The molecule has 1 rings (SSSR count). The van der Waals surface area contributed by atoms with Crippen LogP contribution in [0.1, 0.15) is 81.6 Å². The lowest BCUT2D eigenvalue weighted by Crippen LogP contribution is -2.46. The molecule has 192 valence electrons. The highest BCUT2D eigenvalue weighted by Crippen LogP contribution is 2.38. The Morgan fingerprint density at radius 3 is 1.65 bits per heavy atom. The summed E-state index contributed by atoms with van der Waals surface area (Å²) in [5.74, 6) is -2.30. The molecule has 0 saturated carbocycles. The van der Waals surface area contributed by atoms with Gasteiger partial charge in [-0.2, -0.15) is 0 Å². The molecular formula is C27H41BrFNO3S. The number of hydrogen-bond donors (Lipinski definition) is 0. The van der Waals surface area contributed by atoms with Crippen LogP contribution in [0, 0.1) is 41.3 Å². The van der Waals surface area contributed by atoms with Crippen molar-refractivity contribution in [2.45, 2.75) is 86.5 Å². The average molecular weight is 559 g/mol. The van der Waals surface area contributed by atoms with Gasteiger partial charge in [0.05, 0.1) is 5.69 Å². The monoisotopic (exact) mass is 557 g/mol. The Morgan fingerprint density at radius 2 is 1.24 bits per heavy atom. The number of carbonyl (C=O) groups excluding carboxylic acids is 3. The Kier molecular flexibility index (Phi) is 12.5. The number of thioether (sulfide) groups is 1.